The minimum absolute atomic E-state index is 0.393. The van der Waals surface area contributed by atoms with Crippen molar-refractivity contribution in [1.82, 2.24) is 5.32 Å². The van der Waals surface area contributed by atoms with Gasteiger partial charge in [0, 0.05) is 13.1 Å². The van der Waals surface area contributed by atoms with Gasteiger partial charge < -0.3 is 10.4 Å². The SMILES string of the molecule is CCCC1(CNCC(O)c2ccc(CC(C)C)cc2)CC1. The number of aliphatic hydroxyl groups is 1. The Morgan fingerprint density at radius 1 is 1.19 bits per heavy atom. The van der Waals surface area contributed by atoms with Gasteiger partial charge in [-0.1, -0.05) is 51.5 Å². The lowest BCUT2D eigenvalue weighted by Crippen LogP contribution is -2.28. The standard InChI is InChI=1S/C19H31NO/c1-4-9-19(10-11-19)14-20-13-18(21)17-7-5-16(6-8-17)12-15(2)3/h5-8,15,18,20-21H,4,9-14H2,1-3H3. The van der Waals surface area contributed by atoms with E-state index in [1.54, 1.807) is 0 Å². The zero-order valence-corrected chi connectivity index (χ0v) is 13.9. The zero-order valence-electron chi connectivity index (χ0n) is 13.9. The average molecular weight is 289 g/mol. The van der Waals surface area contributed by atoms with Gasteiger partial charge in [-0.15, -0.1) is 0 Å². The van der Waals surface area contributed by atoms with Crippen LogP contribution in [0.1, 0.15) is 63.7 Å². The van der Waals surface area contributed by atoms with Gasteiger partial charge in [0.25, 0.3) is 0 Å². The lowest BCUT2D eigenvalue weighted by atomic mass is 9.99. The van der Waals surface area contributed by atoms with Gasteiger partial charge in [-0.3, -0.25) is 0 Å². The van der Waals surface area contributed by atoms with Crippen molar-refractivity contribution in [2.24, 2.45) is 11.3 Å². The van der Waals surface area contributed by atoms with E-state index >= 15 is 0 Å². The molecule has 0 aliphatic heterocycles. The Hall–Kier alpha value is -0.860. The summed E-state index contributed by atoms with van der Waals surface area (Å²) in [5, 5.41) is 13.7. The van der Waals surface area contributed by atoms with E-state index in [4.69, 9.17) is 0 Å². The van der Waals surface area contributed by atoms with E-state index in [0.29, 0.717) is 17.9 Å². The number of benzene rings is 1. The van der Waals surface area contributed by atoms with Crippen molar-refractivity contribution in [2.45, 2.75) is 59.0 Å². The molecule has 0 amide bonds. The predicted molar refractivity (Wildman–Crippen MR) is 89.4 cm³/mol. The highest BCUT2D eigenvalue weighted by Gasteiger charge is 2.40. The Bertz CT molecular complexity index is 420. The van der Waals surface area contributed by atoms with Gasteiger partial charge in [-0.05, 0) is 48.1 Å². The summed E-state index contributed by atoms with van der Waals surface area (Å²) in [7, 11) is 0. The molecule has 0 spiro atoms. The lowest BCUT2D eigenvalue weighted by Gasteiger charge is -2.18. The van der Waals surface area contributed by atoms with Crippen molar-refractivity contribution >= 4 is 0 Å². The molecule has 1 saturated carbocycles. The molecule has 2 heteroatoms. The van der Waals surface area contributed by atoms with Gasteiger partial charge in [0.1, 0.15) is 0 Å². The quantitative estimate of drug-likeness (QED) is 0.717. The van der Waals surface area contributed by atoms with Gasteiger partial charge in [0.2, 0.25) is 0 Å². The molecule has 0 aromatic heterocycles. The molecule has 1 aromatic rings. The monoisotopic (exact) mass is 289 g/mol. The van der Waals surface area contributed by atoms with Crippen LogP contribution in [0.5, 0.6) is 0 Å². The Balaban J connectivity index is 1.76. The van der Waals surface area contributed by atoms with Gasteiger partial charge in [0.15, 0.2) is 0 Å². The minimum Gasteiger partial charge on any atom is -0.387 e. The van der Waals surface area contributed by atoms with Gasteiger partial charge in [-0.25, -0.2) is 0 Å². The van der Waals surface area contributed by atoms with Crippen LogP contribution in [0.15, 0.2) is 24.3 Å². The third kappa shape index (κ3) is 5.12. The molecule has 1 atom stereocenters. The van der Waals surface area contributed by atoms with Crippen LogP contribution in [0.2, 0.25) is 0 Å². The fourth-order valence-corrected chi connectivity index (χ4v) is 3.16. The van der Waals surface area contributed by atoms with Crippen LogP contribution in [0, 0.1) is 11.3 Å². The summed E-state index contributed by atoms with van der Waals surface area (Å²) in [6.45, 7) is 8.44. The average Bonchev–Trinajstić information content (AvgIpc) is 3.19. The van der Waals surface area contributed by atoms with Crippen molar-refractivity contribution in [2.75, 3.05) is 13.1 Å². The molecular weight excluding hydrogens is 258 g/mol. The summed E-state index contributed by atoms with van der Waals surface area (Å²) in [5.41, 5.74) is 2.93. The Labute approximate surface area is 130 Å². The highest BCUT2D eigenvalue weighted by Crippen LogP contribution is 2.48. The Morgan fingerprint density at radius 2 is 1.86 bits per heavy atom. The first kappa shape index (κ1) is 16.5. The van der Waals surface area contributed by atoms with E-state index in [1.165, 1.54) is 31.2 Å². The highest BCUT2D eigenvalue weighted by molar-refractivity contribution is 5.24. The molecule has 1 aliphatic carbocycles. The molecule has 1 unspecified atom stereocenters. The number of nitrogens with one attached hydrogen (secondary N) is 1. The normalized spacial score (nSPS) is 18.0. The molecule has 1 aromatic carbocycles. The maximum atomic E-state index is 10.3. The van der Waals surface area contributed by atoms with E-state index in [1.807, 2.05) is 0 Å². The third-order valence-electron chi connectivity index (χ3n) is 4.58. The second kappa shape index (κ2) is 7.42. The van der Waals surface area contributed by atoms with Crippen molar-refractivity contribution < 1.29 is 5.11 Å². The largest absolute Gasteiger partial charge is 0.387 e. The minimum atomic E-state index is -0.393. The summed E-state index contributed by atoms with van der Waals surface area (Å²) < 4.78 is 0. The first-order valence-corrected chi connectivity index (χ1v) is 8.52. The maximum Gasteiger partial charge on any atom is 0.0914 e. The predicted octanol–water partition coefficient (Wildman–Crippen LogP) is 4.09. The topological polar surface area (TPSA) is 32.3 Å². The van der Waals surface area contributed by atoms with E-state index < -0.39 is 6.10 Å². The van der Waals surface area contributed by atoms with Gasteiger partial charge in [-0.2, -0.15) is 0 Å². The van der Waals surface area contributed by atoms with Crippen LogP contribution in [0.3, 0.4) is 0 Å². The summed E-state index contributed by atoms with van der Waals surface area (Å²) >= 11 is 0. The third-order valence-corrected chi connectivity index (χ3v) is 4.58. The summed E-state index contributed by atoms with van der Waals surface area (Å²) in [6.07, 6.45) is 6.01. The highest BCUT2D eigenvalue weighted by atomic mass is 16.3. The number of hydrogen-bond acceptors (Lipinski definition) is 2. The lowest BCUT2D eigenvalue weighted by molar-refractivity contribution is 0.171. The van der Waals surface area contributed by atoms with Gasteiger partial charge in [0.05, 0.1) is 6.10 Å². The number of aliphatic hydroxyl groups excluding tert-OH is 1. The molecule has 2 nitrogen and oxygen atoms in total. The molecular formula is C19H31NO. The Morgan fingerprint density at radius 3 is 2.38 bits per heavy atom. The van der Waals surface area contributed by atoms with E-state index in [-0.39, 0.29) is 0 Å². The van der Waals surface area contributed by atoms with Crippen LogP contribution in [0.4, 0.5) is 0 Å². The van der Waals surface area contributed by atoms with Crippen LogP contribution in [0.25, 0.3) is 0 Å². The van der Waals surface area contributed by atoms with Crippen LogP contribution in [-0.4, -0.2) is 18.2 Å². The number of rotatable bonds is 9. The fraction of sp³-hybridized carbons (Fsp3) is 0.684. The van der Waals surface area contributed by atoms with Crippen molar-refractivity contribution in [3.05, 3.63) is 35.4 Å². The molecule has 0 radical (unpaired) electrons. The smallest absolute Gasteiger partial charge is 0.0914 e. The summed E-state index contributed by atoms with van der Waals surface area (Å²) in [4.78, 5) is 0. The maximum absolute atomic E-state index is 10.3. The molecule has 0 heterocycles. The van der Waals surface area contributed by atoms with Crippen molar-refractivity contribution in [3.8, 4) is 0 Å². The van der Waals surface area contributed by atoms with Crippen LogP contribution in [-0.2, 0) is 6.42 Å². The molecule has 118 valence electrons. The second-order valence-electron chi connectivity index (χ2n) is 7.24. The van der Waals surface area contributed by atoms with E-state index in [0.717, 1.165) is 18.5 Å². The molecule has 2 rings (SSSR count). The molecule has 21 heavy (non-hydrogen) atoms. The summed E-state index contributed by atoms with van der Waals surface area (Å²) in [5.74, 6) is 0.677. The zero-order chi connectivity index (χ0) is 15.3. The van der Waals surface area contributed by atoms with Crippen LogP contribution >= 0.6 is 0 Å². The molecule has 0 saturated heterocycles. The van der Waals surface area contributed by atoms with Crippen LogP contribution < -0.4 is 5.32 Å². The second-order valence-corrected chi connectivity index (χ2v) is 7.24. The molecule has 0 bridgehead atoms. The van der Waals surface area contributed by atoms with Crippen molar-refractivity contribution in [3.63, 3.8) is 0 Å². The molecule has 1 aliphatic rings. The summed E-state index contributed by atoms with van der Waals surface area (Å²) in [6, 6.07) is 8.45. The van der Waals surface area contributed by atoms with Gasteiger partial charge >= 0.3 is 0 Å². The van der Waals surface area contributed by atoms with E-state index in [9.17, 15) is 5.11 Å². The number of hydrogen-bond donors (Lipinski definition) is 2. The first-order valence-electron chi connectivity index (χ1n) is 8.52. The van der Waals surface area contributed by atoms with E-state index in [2.05, 4.69) is 50.4 Å². The first-order chi connectivity index (χ1) is 10.0. The Kier molecular flexibility index (Phi) is 5.83. The fourth-order valence-electron chi connectivity index (χ4n) is 3.16. The molecule has 2 N–H and O–H groups in total. The van der Waals surface area contributed by atoms with Crippen molar-refractivity contribution in [1.29, 1.82) is 0 Å². The molecule has 1 fully saturated rings.